The van der Waals surface area contributed by atoms with Crippen LogP contribution < -0.4 is 10.7 Å². The van der Waals surface area contributed by atoms with Crippen LogP contribution in [0.25, 0.3) is 16.7 Å². The maximum atomic E-state index is 12.4. The van der Waals surface area contributed by atoms with Crippen molar-refractivity contribution in [3.8, 4) is 0 Å². The van der Waals surface area contributed by atoms with Crippen LogP contribution in [0.15, 0.2) is 57.4 Å². The molecule has 0 radical (unpaired) electrons. The molecule has 0 atom stereocenters. The molecule has 4 rings (SSSR count). The van der Waals surface area contributed by atoms with Gasteiger partial charge in [-0.05, 0) is 43.7 Å². The van der Waals surface area contributed by atoms with Crippen molar-refractivity contribution in [1.29, 1.82) is 0 Å². The fourth-order valence-corrected chi connectivity index (χ4v) is 4.71. The van der Waals surface area contributed by atoms with Crippen LogP contribution in [0.5, 0.6) is 0 Å². The molecule has 0 bridgehead atoms. The van der Waals surface area contributed by atoms with Gasteiger partial charge in [-0.2, -0.15) is 0 Å². The van der Waals surface area contributed by atoms with Crippen LogP contribution in [0, 0.1) is 6.92 Å². The van der Waals surface area contributed by atoms with E-state index in [1.165, 1.54) is 34.4 Å². The number of hydrogen-bond acceptors (Lipinski definition) is 6. The number of rotatable bonds is 5. The van der Waals surface area contributed by atoms with Crippen LogP contribution >= 0.6 is 11.8 Å². The molecule has 0 spiro atoms. The molecule has 150 valence electrons. The summed E-state index contributed by atoms with van der Waals surface area (Å²) in [5.41, 5.74) is 3.48. The highest BCUT2D eigenvalue weighted by atomic mass is 32.2. The van der Waals surface area contributed by atoms with Gasteiger partial charge < -0.3 is 4.57 Å². The molecule has 10 heteroatoms. The molecule has 29 heavy (non-hydrogen) atoms. The van der Waals surface area contributed by atoms with Gasteiger partial charge in [-0.1, -0.05) is 17.8 Å². The van der Waals surface area contributed by atoms with Gasteiger partial charge in [-0.25, -0.2) is 23.5 Å². The van der Waals surface area contributed by atoms with Crippen LogP contribution in [0.2, 0.25) is 0 Å². The maximum Gasteiger partial charge on any atom is 0.258 e. The smallest absolute Gasteiger partial charge is 0.258 e. The second kappa shape index (κ2) is 7.29. The summed E-state index contributed by atoms with van der Waals surface area (Å²) >= 11 is 1.45. The Hall–Kier alpha value is -2.69. The van der Waals surface area contributed by atoms with Gasteiger partial charge in [0.1, 0.15) is 5.65 Å². The van der Waals surface area contributed by atoms with Crippen LogP contribution in [0.1, 0.15) is 18.2 Å². The minimum Gasteiger partial charge on any atom is -0.319 e. The number of thioether (sulfide) groups is 1. The first-order chi connectivity index (χ1) is 13.8. The second-order valence-corrected chi connectivity index (χ2v) is 9.10. The van der Waals surface area contributed by atoms with Crippen molar-refractivity contribution in [2.75, 3.05) is 0 Å². The topological polar surface area (TPSA) is 112 Å². The number of sulfonamides is 1. The molecule has 3 aromatic heterocycles. The van der Waals surface area contributed by atoms with Crippen LogP contribution in [-0.2, 0) is 22.3 Å². The van der Waals surface area contributed by atoms with E-state index in [1.807, 2.05) is 30.5 Å². The zero-order chi connectivity index (χ0) is 20.8. The van der Waals surface area contributed by atoms with E-state index >= 15 is 0 Å². The van der Waals surface area contributed by atoms with Crippen molar-refractivity contribution < 1.29 is 8.42 Å². The minimum absolute atomic E-state index is 0.0296. The summed E-state index contributed by atoms with van der Waals surface area (Å²) in [4.78, 5) is 21.6. The van der Waals surface area contributed by atoms with Gasteiger partial charge in [-0.3, -0.25) is 9.20 Å². The highest BCUT2D eigenvalue weighted by Gasteiger charge is 2.15. The molecular formula is C19H19N5O3S2. The van der Waals surface area contributed by atoms with Crippen LogP contribution in [0.3, 0.4) is 0 Å². The quantitative estimate of drug-likeness (QED) is 0.487. The third kappa shape index (κ3) is 3.66. The Balaban J connectivity index is 1.70. The summed E-state index contributed by atoms with van der Waals surface area (Å²) in [5, 5.41) is 5.95. The van der Waals surface area contributed by atoms with Crippen LogP contribution in [0.4, 0.5) is 0 Å². The Kier molecular flexibility index (Phi) is 4.93. The lowest BCUT2D eigenvalue weighted by Gasteiger charge is -2.07. The van der Waals surface area contributed by atoms with E-state index < -0.39 is 10.0 Å². The fourth-order valence-electron chi connectivity index (χ4n) is 3.20. The van der Waals surface area contributed by atoms with Crippen molar-refractivity contribution in [1.82, 2.24) is 18.9 Å². The number of fused-ring (bicyclic) bond motifs is 2. The lowest BCUT2D eigenvalue weighted by molar-refractivity contribution is 0.598. The molecule has 2 N–H and O–H groups in total. The molecule has 0 aliphatic carbocycles. The normalized spacial score (nSPS) is 12.1. The largest absolute Gasteiger partial charge is 0.319 e. The summed E-state index contributed by atoms with van der Waals surface area (Å²) in [7, 11) is -3.79. The molecule has 8 nitrogen and oxygen atoms in total. The van der Waals surface area contributed by atoms with Crippen molar-refractivity contribution in [3.63, 3.8) is 0 Å². The van der Waals surface area contributed by atoms with Gasteiger partial charge in [-0.15, -0.1) is 0 Å². The van der Waals surface area contributed by atoms with Gasteiger partial charge in [0, 0.05) is 24.6 Å². The van der Waals surface area contributed by atoms with E-state index in [0.29, 0.717) is 29.2 Å². The zero-order valence-electron chi connectivity index (χ0n) is 15.9. The maximum absolute atomic E-state index is 12.4. The molecule has 1 aromatic carbocycles. The predicted molar refractivity (Wildman–Crippen MR) is 113 cm³/mol. The van der Waals surface area contributed by atoms with Gasteiger partial charge in [0.15, 0.2) is 5.16 Å². The van der Waals surface area contributed by atoms with Crippen molar-refractivity contribution in [2.24, 2.45) is 5.14 Å². The highest BCUT2D eigenvalue weighted by molar-refractivity contribution is 7.98. The minimum atomic E-state index is -3.79. The Bertz CT molecular complexity index is 1410. The average molecular weight is 430 g/mol. The Morgan fingerprint density at radius 1 is 1.17 bits per heavy atom. The number of hydrogen-bond donors (Lipinski definition) is 1. The van der Waals surface area contributed by atoms with E-state index in [2.05, 4.69) is 9.97 Å². The summed E-state index contributed by atoms with van der Waals surface area (Å²) < 4.78 is 26.7. The summed E-state index contributed by atoms with van der Waals surface area (Å²) in [5.74, 6) is 0.464. The van der Waals surface area contributed by atoms with E-state index in [-0.39, 0.29) is 10.5 Å². The van der Waals surface area contributed by atoms with E-state index in [9.17, 15) is 13.2 Å². The Morgan fingerprint density at radius 3 is 2.69 bits per heavy atom. The first kappa shape index (κ1) is 19.6. The molecule has 0 unspecified atom stereocenters. The number of aromatic nitrogens is 4. The molecule has 0 aliphatic heterocycles. The summed E-state index contributed by atoms with van der Waals surface area (Å²) in [6.07, 6.45) is 1.70. The Labute approximate surface area is 171 Å². The second-order valence-electron chi connectivity index (χ2n) is 6.59. The van der Waals surface area contributed by atoms with Crippen LogP contribution in [-0.4, -0.2) is 27.4 Å². The third-order valence-corrected chi connectivity index (χ3v) is 6.54. The van der Waals surface area contributed by atoms with Crippen molar-refractivity contribution in [3.05, 3.63) is 64.2 Å². The molecule has 0 amide bonds. The standard InChI is InChI=1S/C19H19N5O3S2/c1-3-23-16-7-6-14(29(20,26)27)10-15(16)22-19(23)28-11-13-9-17(25)24-8-4-5-12(2)18(24)21-13/h4-10H,3,11H2,1-2H3,(H2,20,26,27). The average Bonchev–Trinajstić information content (AvgIpc) is 3.03. The molecule has 0 aliphatic rings. The zero-order valence-corrected chi connectivity index (χ0v) is 17.5. The van der Waals surface area contributed by atoms with Gasteiger partial charge in [0.25, 0.3) is 5.56 Å². The summed E-state index contributed by atoms with van der Waals surface area (Å²) in [6, 6.07) is 9.92. The van der Waals surface area contributed by atoms with E-state index in [1.54, 1.807) is 12.3 Å². The number of nitrogens with zero attached hydrogens (tertiary/aromatic N) is 4. The molecule has 0 saturated heterocycles. The molecule has 0 fully saturated rings. The number of imidazole rings is 1. The van der Waals surface area contributed by atoms with Gasteiger partial charge in [0.2, 0.25) is 10.0 Å². The molecule has 4 aromatic rings. The SMILES string of the molecule is CCn1c(SCc2cc(=O)n3cccc(C)c3n2)nc2cc(S(N)(=O)=O)ccc21. The van der Waals surface area contributed by atoms with Crippen molar-refractivity contribution >= 4 is 38.5 Å². The first-order valence-electron chi connectivity index (χ1n) is 8.91. The van der Waals surface area contributed by atoms with Gasteiger partial charge in [0.05, 0.1) is 21.6 Å². The van der Waals surface area contributed by atoms with Gasteiger partial charge >= 0.3 is 0 Å². The molecule has 3 heterocycles. The number of aryl methyl sites for hydroxylation is 2. The lowest BCUT2D eigenvalue weighted by atomic mass is 10.3. The highest BCUT2D eigenvalue weighted by Crippen LogP contribution is 2.27. The molecular weight excluding hydrogens is 410 g/mol. The monoisotopic (exact) mass is 429 g/mol. The Morgan fingerprint density at radius 2 is 1.97 bits per heavy atom. The number of primary sulfonamides is 1. The third-order valence-electron chi connectivity index (χ3n) is 4.62. The fraction of sp³-hybridized carbons (Fsp3) is 0.211. The van der Waals surface area contributed by atoms with E-state index in [0.717, 1.165) is 16.2 Å². The van der Waals surface area contributed by atoms with Crippen molar-refractivity contribution in [2.45, 2.75) is 36.2 Å². The van der Waals surface area contributed by atoms with E-state index in [4.69, 9.17) is 5.14 Å². The molecule has 0 saturated carbocycles. The summed E-state index contributed by atoms with van der Waals surface area (Å²) in [6.45, 7) is 4.57. The predicted octanol–water partition coefficient (Wildman–Crippen LogP) is 2.31. The lowest BCUT2D eigenvalue weighted by Crippen LogP contribution is -2.15. The number of nitrogens with two attached hydrogens (primary N) is 1. The first-order valence-corrected chi connectivity index (χ1v) is 11.4. The number of benzene rings is 1. The number of pyridine rings is 1.